The lowest BCUT2D eigenvalue weighted by Crippen LogP contribution is -2.50. The molecule has 1 aromatic carbocycles. The van der Waals surface area contributed by atoms with Crippen LogP contribution >= 0.6 is 0 Å². The van der Waals surface area contributed by atoms with Crippen LogP contribution in [0.4, 0.5) is 8.78 Å². The number of hydrogen-bond donors (Lipinski definition) is 2. The minimum Gasteiger partial charge on any atom is -0.387 e. The van der Waals surface area contributed by atoms with Gasteiger partial charge in [-0.3, -0.25) is 14.6 Å². The molecule has 1 unspecified atom stereocenters. The van der Waals surface area contributed by atoms with Gasteiger partial charge in [0.2, 0.25) is 5.91 Å². The minimum absolute atomic E-state index is 0.00636. The topological polar surface area (TPSA) is 55.8 Å². The van der Waals surface area contributed by atoms with Crippen molar-refractivity contribution < 1.29 is 18.7 Å². The van der Waals surface area contributed by atoms with Crippen LogP contribution in [0.3, 0.4) is 0 Å². The number of rotatable bonds is 6. The van der Waals surface area contributed by atoms with E-state index in [0.29, 0.717) is 32.7 Å². The summed E-state index contributed by atoms with van der Waals surface area (Å²) in [6.45, 7) is 7.30. The molecule has 1 saturated heterocycles. The van der Waals surface area contributed by atoms with Crippen LogP contribution < -0.4 is 5.32 Å². The maximum atomic E-state index is 13.7. The normalized spacial score (nSPS) is 17.9. The zero-order valence-electron chi connectivity index (χ0n) is 14.1. The monoisotopic (exact) mass is 341 g/mol. The number of carbonyl (C=O) groups is 1. The third-order valence-corrected chi connectivity index (χ3v) is 4.03. The van der Waals surface area contributed by atoms with Gasteiger partial charge in [0.15, 0.2) is 0 Å². The van der Waals surface area contributed by atoms with Crippen LogP contribution in [0.15, 0.2) is 18.2 Å². The van der Waals surface area contributed by atoms with E-state index in [1.807, 2.05) is 18.7 Å². The summed E-state index contributed by atoms with van der Waals surface area (Å²) >= 11 is 0. The van der Waals surface area contributed by atoms with Crippen LogP contribution in [-0.2, 0) is 4.79 Å². The molecule has 134 valence electrons. The van der Waals surface area contributed by atoms with E-state index in [0.717, 1.165) is 12.1 Å². The van der Waals surface area contributed by atoms with E-state index in [1.165, 1.54) is 6.07 Å². The Bertz CT molecular complexity index is 561. The Morgan fingerprint density at radius 1 is 1.21 bits per heavy atom. The molecule has 1 aromatic rings. The van der Waals surface area contributed by atoms with Crippen molar-refractivity contribution in [2.75, 3.05) is 39.3 Å². The fraction of sp³-hybridized carbons (Fsp3) is 0.588. The van der Waals surface area contributed by atoms with Crippen LogP contribution in [0.5, 0.6) is 0 Å². The molecule has 2 rings (SSSR count). The van der Waals surface area contributed by atoms with Gasteiger partial charge < -0.3 is 10.4 Å². The van der Waals surface area contributed by atoms with Crippen molar-refractivity contribution in [1.82, 2.24) is 15.1 Å². The second kappa shape index (κ2) is 8.50. The van der Waals surface area contributed by atoms with Crippen molar-refractivity contribution in [2.24, 2.45) is 0 Å². The molecule has 7 heteroatoms. The Morgan fingerprint density at radius 3 is 2.42 bits per heavy atom. The first-order chi connectivity index (χ1) is 11.3. The number of nitrogens with zero attached hydrogens (tertiary/aromatic N) is 2. The Hall–Kier alpha value is -1.57. The summed E-state index contributed by atoms with van der Waals surface area (Å²) in [6, 6.07) is 3.33. The fourth-order valence-electron chi connectivity index (χ4n) is 2.82. The van der Waals surface area contributed by atoms with Crippen molar-refractivity contribution >= 4 is 5.91 Å². The largest absolute Gasteiger partial charge is 0.387 e. The van der Waals surface area contributed by atoms with E-state index in [2.05, 4.69) is 10.2 Å². The molecule has 24 heavy (non-hydrogen) atoms. The van der Waals surface area contributed by atoms with Gasteiger partial charge in [0.05, 0.1) is 12.6 Å². The summed E-state index contributed by atoms with van der Waals surface area (Å²) in [5, 5.41) is 13.0. The fourth-order valence-corrected chi connectivity index (χ4v) is 2.82. The lowest BCUT2D eigenvalue weighted by Gasteiger charge is -2.35. The predicted molar refractivity (Wildman–Crippen MR) is 87.5 cm³/mol. The minimum atomic E-state index is -0.999. The van der Waals surface area contributed by atoms with Gasteiger partial charge in [0, 0.05) is 50.4 Å². The van der Waals surface area contributed by atoms with E-state index in [1.54, 1.807) is 0 Å². The number of amides is 1. The van der Waals surface area contributed by atoms with E-state index in [4.69, 9.17) is 0 Å². The molecule has 5 nitrogen and oxygen atoms in total. The molecule has 0 aromatic heterocycles. The number of nitrogens with one attached hydrogen (secondary N) is 1. The zero-order chi connectivity index (χ0) is 17.7. The summed E-state index contributed by atoms with van der Waals surface area (Å²) < 4.78 is 26.6. The average Bonchev–Trinajstić information content (AvgIpc) is 2.48. The molecule has 1 heterocycles. The highest BCUT2D eigenvalue weighted by Gasteiger charge is 2.22. The molecule has 1 fully saturated rings. The van der Waals surface area contributed by atoms with Gasteiger partial charge in [-0.15, -0.1) is 0 Å². The number of hydrogen-bond acceptors (Lipinski definition) is 4. The summed E-state index contributed by atoms with van der Waals surface area (Å²) in [5.74, 6) is -1.38. The van der Waals surface area contributed by atoms with Gasteiger partial charge >= 0.3 is 0 Å². The quantitative estimate of drug-likeness (QED) is 0.815. The number of benzene rings is 1. The van der Waals surface area contributed by atoms with Gasteiger partial charge in [0.1, 0.15) is 11.6 Å². The molecule has 0 aliphatic carbocycles. The molecule has 0 spiro atoms. The lowest BCUT2D eigenvalue weighted by molar-refractivity contribution is -0.123. The van der Waals surface area contributed by atoms with Crippen molar-refractivity contribution in [3.05, 3.63) is 35.4 Å². The molecule has 0 saturated carbocycles. The number of aliphatic hydroxyl groups excluding tert-OH is 1. The first kappa shape index (κ1) is 18.8. The molecule has 0 radical (unpaired) electrons. The molecule has 0 bridgehead atoms. The van der Waals surface area contributed by atoms with Crippen molar-refractivity contribution in [3.8, 4) is 0 Å². The highest BCUT2D eigenvalue weighted by Crippen LogP contribution is 2.19. The summed E-state index contributed by atoms with van der Waals surface area (Å²) in [5.41, 5.74) is 0.107. The molecule has 1 aliphatic rings. The van der Waals surface area contributed by atoms with Gasteiger partial charge in [-0.2, -0.15) is 0 Å². The molecular weight excluding hydrogens is 316 g/mol. The van der Waals surface area contributed by atoms with Crippen LogP contribution in [0, 0.1) is 11.6 Å². The number of β-amino-alcohol motifs (C(OH)–C–C–N with tert-alkyl or cyclic N) is 1. The van der Waals surface area contributed by atoms with Gasteiger partial charge in [-0.05, 0) is 19.9 Å². The van der Waals surface area contributed by atoms with E-state index in [9.17, 15) is 18.7 Å². The van der Waals surface area contributed by atoms with E-state index >= 15 is 0 Å². The average molecular weight is 341 g/mol. The SMILES string of the molecule is CC(C)NC(=O)CN1CCN(CC(O)c2ccc(F)cc2F)CC1. The molecule has 1 amide bonds. The van der Waals surface area contributed by atoms with Crippen molar-refractivity contribution in [1.29, 1.82) is 0 Å². The molecule has 2 N–H and O–H groups in total. The van der Waals surface area contributed by atoms with Crippen molar-refractivity contribution in [2.45, 2.75) is 26.0 Å². The van der Waals surface area contributed by atoms with Gasteiger partial charge in [-0.1, -0.05) is 6.07 Å². The molecule has 1 aliphatic heterocycles. The number of halogens is 2. The number of piperazine rings is 1. The number of carbonyl (C=O) groups excluding carboxylic acids is 1. The Labute approximate surface area is 141 Å². The standard InChI is InChI=1S/C17H25F2N3O2/c1-12(2)20-17(24)11-22-7-5-21(6-8-22)10-16(23)14-4-3-13(18)9-15(14)19/h3-4,9,12,16,23H,5-8,10-11H2,1-2H3,(H,20,24). The van der Waals surface area contributed by atoms with Crippen LogP contribution in [0.1, 0.15) is 25.5 Å². The van der Waals surface area contributed by atoms with Crippen LogP contribution in [0.2, 0.25) is 0 Å². The summed E-state index contributed by atoms with van der Waals surface area (Å²) in [7, 11) is 0. The Balaban J connectivity index is 1.79. The molecule has 1 atom stereocenters. The lowest BCUT2D eigenvalue weighted by atomic mass is 10.1. The smallest absolute Gasteiger partial charge is 0.234 e. The third kappa shape index (κ3) is 5.51. The predicted octanol–water partition coefficient (Wildman–Crippen LogP) is 1.14. The second-order valence-corrected chi connectivity index (χ2v) is 6.48. The second-order valence-electron chi connectivity index (χ2n) is 6.48. The zero-order valence-corrected chi connectivity index (χ0v) is 14.1. The van der Waals surface area contributed by atoms with Crippen LogP contribution in [-0.4, -0.2) is 66.1 Å². The maximum absolute atomic E-state index is 13.7. The summed E-state index contributed by atoms with van der Waals surface area (Å²) in [4.78, 5) is 15.8. The first-order valence-corrected chi connectivity index (χ1v) is 8.22. The maximum Gasteiger partial charge on any atom is 0.234 e. The third-order valence-electron chi connectivity index (χ3n) is 4.03. The summed E-state index contributed by atoms with van der Waals surface area (Å²) in [6.07, 6.45) is -0.999. The molecular formula is C17H25F2N3O2. The van der Waals surface area contributed by atoms with Gasteiger partial charge in [0.25, 0.3) is 0 Å². The number of aliphatic hydroxyl groups is 1. The first-order valence-electron chi connectivity index (χ1n) is 8.22. The van der Waals surface area contributed by atoms with Gasteiger partial charge in [-0.25, -0.2) is 8.78 Å². The Morgan fingerprint density at radius 2 is 1.83 bits per heavy atom. The highest BCUT2D eigenvalue weighted by molar-refractivity contribution is 5.78. The van der Waals surface area contributed by atoms with Crippen molar-refractivity contribution in [3.63, 3.8) is 0 Å². The van der Waals surface area contributed by atoms with E-state index < -0.39 is 17.7 Å². The highest BCUT2D eigenvalue weighted by atomic mass is 19.1. The Kier molecular flexibility index (Phi) is 6.65. The van der Waals surface area contributed by atoms with Crippen LogP contribution in [0.25, 0.3) is 0 Å². The van der Waals surface area contributed by atoms with E-state index in [-0.39, 0.29) is 24.1 Å².